The minimum atomic E-state index is 0.612. The number of rotatable bonds is 3. The molecule has 0 aliphatic rings. The summed E-state index contributed by atoms with van der Waals surface area (Å²) in [5, 5.41) is 2.33. The zero-order valence-electron chi connectivity index (χ0n) is 12.7. The van der Waals surface area contributed by atoms with Crippen LogP contribution in [0.15, 0.2) is 65.1 Å². The molecule has 3 aromatic carbocycles. The summed E-state index contributed by atoms with van der Waals surface area (Å²) in [5.41, 5.74) is 2.78. The smallest absolute Gasteiger partial charge is 0.220 e. The van der Waals surface area contributed by atoms with E-state index in [2.05, 4.69) is 29.2 Å². The van der Waals surface area contributed by atoms with Crippen LogP contribution in [0, 0.1) is 0 Å². The number of methoxy groups -OCH3 is 1. The third kappa shape index (κ3) is 2.69. The first-order chi connectivity index (χ1) is 11.3. The first kappa shape index (κ1) is 13.6. The number of fused-ring (bicyclic) bond motifs is 2. The van der Waals surface area contributed by atoms with E-state index in [0.29, 0.717) is 5.89 Å². The van der Waals surface area contributed by atoms with Crippen molar-refractivity contribution in [3.8, 4) is 5.75 Å². The van der Waals surface area contributed by atoms with Gasteiger partial charge >= 0.3 is 0 Å². The van der Waals surface area contributed by atoms with Crippen molar-refractivity contribution in [3.63, 3.8) is 0 Å². The van der Waals surface area contributed by atoms with Crippen molar-refractivity contribution < 1.29 is 9.15 Å². The molecule has 0 atom stereocenters. The summed E-state index contributed by atoms with van der Waals surface area (Å²) in [7, 11) is 1.68. The number of nitrogens with zero attached hydrogens (tertiary/aromatic N) is 1. The van der Waals surface area contributed by atoms with Crippen LogP contribution in [0.25, 0.3) is 34.0 Å². The van der Waals surface area contributed by atoms with E-state index in [1.165, 1.54) is 5.39 Å². The number of aromatic nitrogens is 1. The van der Waals surface area contributed by atoms with Crippen LogP contribution < -0.4 is 4.74 Å². The molecule has 1 aromatic heterocycles. The second kappa shape index (κ2) is 5.61. The zero-order chi connectivity index (χ0) is 15.6. The Bertz CT molecular complexity index is 981. The third-order valence-electron chi connectivity index (χ3n) is 3.80. The van der Waals surface area contributed by atoms with Crippen molar-refractivity contribution in [2.75, 3.05) is 7.11 Å². The lowest BCUT2D eigenvalue weighted by atomic mass is 10.1. The molecule has 4 rings (SSSR count). The second-order valence-corrected chi connectivity index (χ2v) is 5.33. The van der Waals surface area contributed by atoms with Gasteiger partial charge in [0.15, 0.2) is 5.58 Å². The fourth-order valence-electron chi connectivity index (χ4n) is 2.60. The maximum absolute atomic E-state index is 5.69. The van der Waals surface area contributed by atoms with Gasteiger partial charge in [-0.2, -0.15) is 0 Å². The minimum Gasteiger partial charge on any atom is -0.497 e. The van der Waals surface area contributed by atoms with Gasteiger partial charge in [0, 0.05) is 6.08 Å². The normalized spacial score (nSPS) is 11.5. The second-order valence-electron chi connectivity index (χ2n) is 5.33. The molecule has 0 aliphatic carbocycles. The van der Waals surface area contributed by atoms with E-state index in [0.717, 1.165) is 27.8 Å². The van der Waals surface area contributed by atoms with Gasteiger partial charge in [-0.05, 0) is 52.7 Å². The first-order valence-electron chi connectivity index (χ1n) is 7.43. The quantitative estimate of drug-likeness (QED) is 0.524. The van der Waals surface area contributed by atoms with Crippen molar-refractivity contribution >= 4 is 34.0 Å². The van der Waals surface area contributed by atoms with Gasteiger partial charge in [0.05, 0.1) is 7.11 Å². The van der Waals surface area contributed by atoms with E-state index < -0.39 is 0 Å². The van der Waals surface area contributed by atoms with E-state index >= 15 is 0 Å². The highest BCUT2D eigenvalue weighted by Crippen LogP contribution is 2.23. The highest BCUT2D eigenvalue weighted by atomic mass is 16.5. The lowest BCUT2D eigenvalue weighted by Gasteiger charge is -2.03. The summed E-state index contributed by atoms with van der Waals surface area (Å²) >= 11 is 0. The topological polar surface area (TPSA) is 35.3 Å². The summed E-state index contributed by atoms with van der Waals surface area (Å²) in [6, 6.07) is 20.1. The maximum atomic E-state index is 5.69. The molecule has 0 radical (unpaired) electrons. The summed E-state index contributed by atoms with van der Waals surface area (Å²) in [6.45, 7) is 0. The highest BCUT2D eigenvalue weighted by Gasteiger charge is 2.01. The van der Waals surface area contributed by atoms with Gasteiger partial charge < -0.3 is 9.15 Å². The molecule has 0 unspecified atom stereocenters. The number of benzene rings is 3. The van der Waals surface area contributed by atoms with Crippen LogP contribution >= 0.6 is 0 Å². The van der Waals surface area contributed by atoms with E-state index in [1.54, 1.807) is 7.11 Å². The summed E-state index contributed by atoms with van der Waals surface area (Å²) in [5.74, 6) is 1.48. The Labute approximate surface area is 133 Å². The minimum absolute atomic E-state index is 0.612. The number of oxazole rings is 1. The Hall–Kier alpha value is -3.07. The standard InChI is InChI=1S/C20H15NO2/c1-22-17-10-9-15-12-14(6-8-16(15)13-17)7-11-20-21-18-4-2-3-5-19(18)23-20/h2-13H,1H3. The van der Waals surface area contributed by atoms with E-state index in [-0.39, 0.29) is 0 Å². The lowest BCUT2D eigenvalue weighted by Crippen LogP contribution is -1.82. The molecule has 0 aliphatic heterocycles. The van der Waals surface area contributed by atoms with Crippen LogP contribution in [0.5, 0.6) is 5.75 Å². The van der Waals surface area contributed by atoms with E-state index in [1.807, 2.05) is 48.6 Å². The van der Waals surface area contributed by atoms with Crippen LogP contribution in [0.2, 0.25) is 0 Å². The zero-order valence-corrected chi connectivity index (χ0v) is 12.7. The van der Waals surface area contributed by atoms with Crippen molar-refractivity contribution in [2.24, 2.45) is 0 Å². The summed E-state index contributed by atoms with van der Waals surface area (Å²) in [4.78, 5) is 4.44. The van der Waals surface area contributed by atoms with Gasteiger partial charge in [-0.1, -0.05) is 30.3 Å². The molecule has 1 heterocycles. The van der Waals surface area contributed by atoms with Gasteiger partial charge in [0.2, 0.25) is 5.89 Å². The van der Waals surface area contributed by atoms with Gasteiger partial charge in [-0.15, -0.1) is 0 Å². The van der Waals surface area contributed by atoms with E-state index in [9.17, 15) is 0 Å². The molecule has 0 fully saturated rings. The molecule has 4 aromatic rings. The molecule has 23 heavy (non-hydrogen) atoms. The fraction of sp³-hybridized carbons (Fsp3) is 0.0500. The van der Waals surface area contributed by atoms with Gasteiger partial charge in [-0.25, -0.2) is 4.98 Å². The van der Waals surface area contributed by atoms with Gasteiger partial charge in [-0.3, -0.25) is 0 Å². The number of hydrogen-bond acceptors (Lipinski definition) is 3. The van der Waals surface area contributed by atoms with Crippen molar-refractivity contribution in [2.45, 2.75) is 0 Å². The Kier molecular flexibility index (Phi) is 3.31. The van der Waals surface area contributed by atoms with Crippen LogP contribution in [-0.2, 0) is 0 Å². The Morgan fingerprint density at radius 2 is 1.74 bits per heavy atom. The number of ether oxygens (including phenoxy) is 1. The van der Waals surface area contributed by atoms with Crippen molar-refractivity contribution in [1.82, 2.24) is 4.98 Å². The highest BCUT2D eigenvalue weighted by molar-refractivity contribution is 5.87. The molecule has 0 spiro atoms. The van der Waals surface area contributed by atoms with Crippen LogP contribution in [0.1, 0.15) is 11.5 Å². The predicted molar refractivity (Wildman–Crippen MR) is 93.4 cm³/mol. The Morgan fingerprint density at radius 3 is 2.61 bits per heavy atom. The number of para-hydroxylation sites is 2. The molecule has 3 heteroatoms. The first-order valence-corrected chi connectivity index (χ1v) is 7.43. The molecule has 0 N–H and O–H groups in total. The molecule has 112 valence electrons. The van der Waals surface area contributed by atoms with Gasteiger partial charge in [0.25, 0.3) is 0 Å². The maximum Gasteiger partial charge on any atom is 0.220 e. The van der Waals surface area contributed by atoms with Crippen molar-refractivity contribution in [3.05, 3.63) is 72.1 Å². The molecule has 0 saturated carbocycles. The SMILES string of the molecule is COc1ccc2cc(C=Cc3nc4ccccc4o3)ccc2c1. The lowest BCUT2D eigenvalue weighted by molar-refractivity contribution is 0.415. The summed E-state index contributed by atoms with van der Waals surface area (Å²) < 4.78 is 10.9. The molecular weight excluding hydrogens is 286 g/mol. The monoisotopic (exact) mass is 301 g/mol. The molecule has 0 bridgehead atoms. The van der Waals surface area contributed by atoms with Crippen molar-refractivity contribution in [1.29, 1.82) is 0 Å². The predicted octanol–water partition coefficient (Wildman–Crippen LogP) is 5.16. The molecule has 3 nitrogen and oxygen atoms in total. The Morgan fingerprint density at radius 1 is 0.913 bits per heavy atom. The molecular formula is C20H15NO2. The average molecular weight is 301 g/mol. The molecule has 0 saturated heterocycles. The largest absolute Gasteiger partial charge is 0.497 e. The van der Waals surface area contributed by atoms with Crippen LogP contribution in [0.4, 0.5) is 0 Å². The number of hydrogen-bond donors (Lipinski definition) is 0. The van der Waals surface area contributed by atoms with Crippen LogP contribution in [-0.4, -0.2) is 12.1 Å². The fourth-order valence-corrected chi connectivity index (χ4v) is 2.60. The molecule has 0 amide bonds. The van der Waals surface area contributed by atoms with E-state index in [4.69, 9.17) is 9.15 Å². The van der Waals surface area contributed by atoms with Gasteiger partial charge in [0.1, 0.15) is 11.3 Å². The Balaban J connectivity index is 1.66. The summed E-state index contributed by atoms with van der Waals surface area (Å²) in [6.07, 6.45) is 3.90. The van der Waals surface area contributed by atoms with Crippen LogP contribution in [0.3, 0.4) is 0 Å². The average Bonchev–Trinajstić information content (AvgIpc) is 3.02. The third-order valence-corrected chi connectivity index (χ3v) is 3.80.